The molecule has 0 saturated carbocycles. The van der Waals surface area contributed by atoms with Crippen LogP contribution in [0, 0.1) is 0 Å². The molecule has 0 saturated heterocycles. The van der Waals surface area contributed by atoms with Crippen molar-refractivity contribution in [1.29, 1.82) is 0 Å². The topological polar surface area (TPSA) is 89.1 Å². The number of carbonyl (C=O) groups is 1. The van der Waals surface area contributed by atoms with Crippen molar-refractivity contribution in [2.75, 3.05) is 13.7 Å². The van der Waals surface area contributed by atoms with Crippen molar-refractivity contribution < 1.29 is 14.3 Å². The number of benzene rings is 2. The minimum Gasteiger partial charge on any atom is -0.497 e. The first-order valence-electron chi connectivity index (χ1n) is 8.45. The number of hydrogen-bond donors (Lipinski definition) is 2. The van der Waals surface area contributed by atoms with Crippen molar-refractivity contribution in [2.24, 2.45) is 0 Å². The minimum atomic E-state index is -0.164. The van der Waals surface area contributed by atoms with E-state index in [9.17, 15) is 4.79 Å². The van der Waals surface area contributed by atoms with Crippen LogP contribution in [0.1, 0.15) is 12.2 Å². The number of amides is 1. The van der Waals surface area contributed by atoms with Gasteiger partial charge in [-0.1, -0.05) is 23.2 Å². The van der Waals surface area contributed by atoms with E-state index in [0.29, 0.717) is 27.4 Å². The number of aromatic amines is 1. The van der Waals surface area contributed by atoms with Gasteiger partial charge in [0.15, 0.2) is 5.82 Å². The molecular formula is C19H18Cl2N4O3. The Bertz CT molecular complexity index is 945. The average molecular weight is 421 g/mol. The van der Waals surface area contributed by atoms with E-state index in [1.807, 2.05) is 24.3 Å². The Labute approximate surface area is 172 Å². The minimum absolute atomic E-state index is 0.164. The fraction of sp³-hybridized carbons (Fsp3) is 0.211. The maximum absolute atomic E-state index is 12.0. The second-order valence-corrected chi connectivity index (χ2v) is 6.60. The molecule has 2 aromatic carbocycles. The fourth-order valence-electron chi connectivity index (χ4n) is 2.34. The van der Waals surface area contributed by atoms with Gasteiger partial charge in [0.25, 0.3) is 0 Å². The van der Waals surface area contributed by atoms with Crippen LogP contribution in [0.5, 0.6) is 11.5 Å². The molecule has 9 heteroatoms. The van der Waals surface area contributed by atoms with Crippen LogP contribution < -0.4 is 14.8 Å². The van der Waals surface area contributed by atoms with Crippen LogP contribution in [0.15, 0.2) is 42.5 Å². The first-order valence-corrected chi connectivity index (χ1v) is 9.21. The number of aromatic nitrogens is 3. The predicted octanol–water partition coefficient (Wildman–Crippen LogP) is 3.87. The zero-order chi connectivity index (χ0) is 19.9. The quantitative estimate of drug-likeness (QED) is 0.577. The van der Waals surface area contributed by atoms with Crippen molar-refractivity contribution in [1.82, 2.24) is 20.5 Å². The number of carbonyl (C=O) groups excluding carboxylic acids is 1. The lowest BCUT2D eigenvalue weighted by Gasteiger charge is -2.07. The third-order valence-corrected chi connectivity index (χ3v) is 4.56. The van der Waals surface area contributed by atoms with E-state index < -0.39 is 0 Å². The molecule has 0 unspecified atom stereocenters. The van der Waals surface area contributed by atoms with Crippen LogP contribution in [0.2, 0.25) is 10.0 Å². The highest BCUT2D eigenvalue weighted by Crippen LogP contribution is 2.26. The number of halogens is 2. The van der Waals surface area contributed by atoms with Gasteiger partial charge < -0.3 is 14.8 Å². The molecule has 1 aromatic heterocycles. The Morgan fingerprint density at radius 2 is 1.86 bits per heavy atom. The Balaban J connectivity index is 1.44. The summed E-state index contributed by atoms with van der Waals surface area (Å²) in [5.74, 6) is 2.26. The second kappa shape index (κ2) is 9.43. The van der Waals surface area contributed by atoms with Crippen molar-refractivity contribution in [2.45, 2.75) is 13.0 Å². The molecule has 146 valence electrons. The van der Waals surface area contributed by atoms with Gasteiger partial charge >= 0.3 is 0 Å². The summed E-state index contributed by atoms with van der Waals surface area (Å²) in [5, 5.41) is 10.6. The molecule has 7 nitrogen and oxygen atoms in total. The maximum atomic E-state index is 12.0. The summed E-state index contributed by atoms with van der Waals surface area (Å²) in [4.78, 5) is 16.3. The Morgan fingerprint density at radius 3 is 2.57 bits per heavy atom. The van der Waals surface area contributed by atoms with Crippen molar-refractivity contribution in [3.63, 3.8) is 0 Å². The number of rotatable bonds is 8. The maximum Gasteiger partial charge on any atom is 0.223 e. The molecule has 0 radical (unpaired) electrons. The van der Waals surface area contributed by atoms with E-state index in [1.54, 1.807) is 25.3 Å². The van der Waals surface area contributed by atoms with Crippen molar-refractivity contribution >= 4 is 29.1 Å². The van der Waals surface area contributed by atoms with Gasteiger partial charge in [0, 0.05) is 11.6 Å². The number of methoxy groups -OCH3 is 1. The molecular weight excluding hydrogens is 403 g/mol. The second-order valence-electron chi connectivity index (χ2n) is 5.79. The molecule has 1 amide bonds. The van der Waals surface area contributed by atoms with Gasteiger partial charge in [-0.2, -0.15) is 5.10 Å². The van der Waals surface area contributed by atoms with Gasteiger partial charge in [-0.05, 0) is 36.4 Å². The van der Waals surface area contributed by atoms with E-state index in [4.69, 9.17) is 32.7 Å². The summed E-state index contributed by atoms with van der Waals surface area (Å²) >= 11 is 11.8. The predicted molar refractivity (Wildman–Crippen MR) is 107 cm³/mol. The summed E-state index contributed by atoms with van der Waals surface area (Å²) in [7, 11) is 1.61. The first kappa shape index (κ1) is 20.0. The molecule has 1 heterocycles. The lowest BCUT2D eigenvalue weighted by molar-refractivity contribution is -0.121. The van der Waals surface area contributed by atoms with E-state index in [-0.39, 0.29) is 25.5 Å². The van der Waals surface area contributed by atoms with Crippen LogP contribution in [0.3, 0.4) is 0 Å². The van der Waals surface area contributed by atoms with Gasteiger partial charge in [0.2, 0.25) is 5.91 Å². The highest BCUT2D eigenvalue weighted by atomic mass is 35.5. The number of nitrogens with one attached hydrogen (secondary N) is 2. The highest BCUT2D eigenvalue weighted by Gasteiger charge is 2.08. The molecule has 0 spiro atoms. The standard InChI is InChI=1S/C19H18Cl2N4O3/c1-27-13-4-2-12(3-5-13)19-23-17(24-25-19)11-22-18(26)8-9-28-14-6-7-15(20)16(21)10-14/h2-7,10H,8-9,11H2,1H3,(H,22,26)(H,23,24,25). The molecule has 0 aliphatic rings. The van der Waals surface area contributed by atoms with E-state index in [2.05, 4.69) is 20.5 Å². The van der Waals surface area contributed by atoms with E-state index in [1.165, 1.54) is 0 Å². The monoisotopic (exact) mass is 420 g/mol. The molecule has 28 heavy (non-hydrogen) atoms. The molecule has 0 aliphatic carbocycles. The molecule has 3 aromatic rings. The van der Waals surface area contributed by atoms with Gasteiger partial charge in [0.1, 0.15) is 17.3 Å². The fourth-order valence-corrected chi connectivity index (χ4v) is 2.63. The van der Waals surface area contributed by atoms with Crippen molar-refractivity contribution in [3.05, 3.63) is 58.3 Å². The zero-order valence-corrected chi connectivity index (χ0v) is 16.5. The van der Waals surface area contributed by atoms with Gasteiger partial charge in [-0.15, -0.1) is 0 Å². The Kier molecular flexibility index (Phi) is 6.73. The number of nitrogens with zero attached hydrogens (tertiary/aromatic N) is 2. The van der Waals surface area contributed by atoms with E-state index in [0.717, 1.165) is 11.3 Å². The summed E-state index contributed by atoms with van der Waals surface area (Å²) in [6, 6.07) is 12.3. The number of ether oxygens (including phenoxy) is 2. The van der Waals surface area contributed by atoms with Gasteiger partial charge in [-0.25, -0.2) is 4.98 Å². The number of hydrogen-bond acceptors (Lipinski definition) is 5. The molecule has 3 rings (SSSR count). The van der Waals surface area contributed by atoms with Crippen LogP contribution in [-0.4, -0.2) is 34.8 Å². The largest absolute Gasteiger partial charge is 0.497 e. The third-order valence-electron chi connectivity index (χ3n) is 3.82. The summed E-state index contributed by atoms with van der Waals surface area (Å²) < 4.78 is 10.6. The first-order chi connectivity index (χ1) is 13.5. The number of H-pyrrole nitrogens is 1. The highest BCUT2D eigenvalue weighted by molar-refractivity contribution is 6.42. The SMILES string of the molecule is COc1ccc(-c2n[nH]c(CNC(=O)CCOc3ccc(Cl)c(Cl)c3)n2)cc1. The molecule has 0 aliphatic heterocycles. The van der Waals surface area contributed by atoms with Crippen LogP contribution in [0.4, 0.5) is 0 Å². The third kappa shape index (κ3) is 5.37. The van der Waals surface area contributed by atoms with Gasteiger partial charge in [-0.3, -0.25) is 9.89 Å². The van der Waals surface area contributed by atoms with E-state index >= 15 is 0 Å². The summed E-state index contributed by atoms with van der Waals surface area (Å²) in [6.07, 6.45) is 0.194. The molecule has 2 N–H and O–H groups in total. The molecule has 0 atom stereocenters. The lowest BCUT2D eigenvalue weighted by atomic mass is 10.2. The smallest absolute Gasteiger partial charge is 0.223 e. The summed E-state index contributed by atoms with van der Waals surface area (Å²) in [6.45, 7) is 0.464. The van der Waals surface area contributed by atoms with Crippen LogP contribution in [-0.2, 0) is 11.3 Å². The molecule has 0 fully saturated rings. The normalized spacial score (nSPS) is 10.5. The summed E-state index contributed by atoms with van der Waals surface area (Å²) in [5.41, 5.74) is 0.852. The zero-order valence-electron chi connectivity index (χ0n) is 15.0. The Morgan fingerprint density at radius 1 is 1.11 bits per heavy atom. The van der Waals surface area contributed by atoms with Crippen molar-refractivity contribution in [3.8, 4) is 22.9 Å². The average Bonchev–Trinajstić information content (AvgIpc) is 3.18. The lowest BCUT2D eigenvalue weighted by Crippen LogP contribution is -2.25. The van der Waals surface area contributed by atoms with Crippen LogP contribution >= 0.6 is 23.2 Å². The van der Waals surface area contributed by atoms with Crippen LogP contribution in [0.25, 0.3) is 11.4 Å². The Hall–Kier alpha value is -2.77. The molecule has 0 bridgehead atoms. The van der Waals surface area contributed by atoms with Gasteiger partial charge in [0.05, 0.1) is 36.7 Å².